The molecule has 0 N–H and O–H groups in total. The van der Waals surface area contributed by atoms with Gasteiger partial charge in [-0.2, -0.15) is 0 Å². The molecular formula is C18H12N4S. The molecule has 5 heteroatoms. The molecule has 0 amide bonds. The molecular weight excluding hydrogens is 304 g/mol. The number of nitrogens with zero attached hydrogens (tertiary/aromatic N) is 4. The van der Waals surface area contributed by atoms with Crippen LogP contribution in [0.5, 0.6) is 0 Å². The summed E-state index contributed by atoms with van der Waals surface area (Å²) >= 11 is 1.72. The predicted molar refractivity (Wildman–Crippen MR) is 93.6 cm³/mol. The van der Waals surface area contributed by atoms with E-state index in [1.807, 2.05) is 49.1 Å². The fourth-order valence-corrected chi connectivity index (χ4v) is 3.82. The number of para-hydroxylation sites is 4. The molecule has 0 unspecified atom stereocenters. The fraction of sp³-hybridized carbons (Fsp3) is 0. The largest absolute Gasteiger partial charge is 0.290 e. The molecule has 0 bridgehead atoms. The van der Waals surface area contributed by atoms with E-state index in [1.165, 1.54) is 0 Å². The van der Waals surface area contributed by atoms with Gasteiger partial charge < -0.3 is 0 Å². The van der Waals surface area contributed by atoms with Gasteiger partial charge >= 0.3 is 0 Å². The van der Waals surface area contributed by atoms with Gasteiger partial charge in [-0.05, 0) is 36.4 Å². The van der Waals surface area contributed by atoms with Crippen molar-refractivity contribution in [1.29, 1.82) is 0 Å². The molecule has 23 heavy (non-hydrogen) atoms. The summed E-state index contributed by atoms with van der Waals surface area (Å²) < 4.78 is 4.26. The van der Waals surface area contributed by atoms with Gasteiger partial charge in [-0.3, -0.25) is 9.13 Å². The molecule has 0 spiro atoms. The molecule has 5 rings (SSSR count). The number of hydrogen-bond donors (Lipinski definition) is 0. The standard InChI is InChI=1S/C18H12N4S/c1-3-7-15-13(5-1)19-11-21(15)17-9-10-18(23-17)22-12-20-14-6-2-4-8-16(14)22/h1-12H. The van der Waals surface area contributed by atoms with Crippen LogP contribution in [0, 0.1) is 0 Å². The van der Waals surface area contributed by atoms with Gasteiger partial charge in [0.25, 0.3) is 0 Å². The number of hydrogen-bond acceptors (Lipinski definition) is 3. The molecule has 0 aliphatic rings. The maximum atomic E-state index is 4.47. The van der Waals surface area contributed by atoms with Crippen LogP contribution in [0.4, 0.5) is 0 Å². The highest BCUT2D eigenvalue weighted by Crippen LogP contribution is 2.29. The van der Waals surface area contributed by atoms with Crippen molar-refractivity contribution in [2.75, 3.05) is 0 Å². The van der Waals surface area contributed by atoms with E-state index in [9.17, 15) is 0 Å². The Labute approximate surface area is 136 Å². The minimum Gasteiger partial charge on any atom is -0.290 e. The fourth-order valence-electron chi connectivity index (χ4n) is 2.85. The van der Waals surface area contributed by atoms with E-state index in [0.29, 0.717) is 0 Å². The second-order valence-electron chi connectivity index (χ2n) is 5.32. The number of benzene rings is 2. The zero-order chi connectivity index (χ0) is 15.2. The van der Waals surface area contributed by atoms with E-state index in [2.05, 4.69) is 43.4 Å². The van der Waals surface area contributed by atoms with Crippen LogP contribution < -0.4 is 0 Å². The minimum absolute atomic E-state index is 1.01. The van der Waals surface area contributed by atoms with E-state index < -0.39 is 0 Å². The van der Waals surface area contributed by atoms with E-state index in [1.54, 1.807) is 11.3 Å². The highest BCUT2D eigenvalue weighted by atomic mass is 32.1. The first-order valence-electron chi connectivity index (χ1n) is 7.35. The third kappa shape index (κ3) is 1.90. The summed E-state index contributed by atoms with van der Waals surface area (Å²) in [6, 6.07) is 20.6. The van der Waals surface area contributed by atoms with Crippen molar-refractivity contribution >= 4 is 33.4 Å². The first-order valence-corrected chi connectivity index (χ1v) is 8.16. The second kappa shape index (κ2) is 4.79. The van der Waals surface area contributed by atoms with Crippen molar-refractivity contribution in [3.05, 3.63) is 73.3 Å². The lowest BCUT2D eigenvalue weighted by atomic mass is 10.3. The Kier molecular flexibility index (Phi) is 2.63. The molecule has 0 saturated heterocycles. The Morgan fingerprint density at radius 2 is 1.09 bits per heavy atom. The zero-order valence-electron chi connectivity index (χ0n) is 12.1. The highest BCUT2D eigenvalue weighted by Gasteiger charge is 2.10. The second-order valence-corrected chi connectivity index (χ2v) is 6.36. The number of rotatable bonds is 2. The van der Waals surface area contributed by atoms with Crippen molar-refractivity contribution in [2.24, 2.45) is 0 Å². The number of thiophene rings is 1. The van der Waals surface area contributed by atoms with Gasteiger partial charge in [-0.1, -0.05) is 35.6 Å². The molecule has 0 fully saturated rings. The van der Waals surface area contributed by atoms with Gasteiger partial charge in [-0.25, -0.2) is 9.97 Å². The van der Waals surface area contributed by atoms with E-state index in [4.69, 9.17) is 0 Å². The van der Waals surface area contributed by atoms with E-state index in [-0.39, 0.29) is 0 Å². The molecule has 4 nitrogen and oxygen atoms in total. The molecule has 0 radical (unpaired) electrons. The van der Waals surface area contributed by atoms with Gasteiger partial charge in [0, 0.05) is 0 Å². The topological polar surface area (TPSA) is 35.6 Å². The third-order valence-corrected chi connectivity index (χ3v) is 5.04. The molecule has 2 aromatic carbocycles. The van der Waals surface area contributed by atoms with Crippen LogP contribution >= 0.6 is 11.3 Å². The SMILES string of the molecule is c1ccc2c(c1)ncn2-c1ccc(-n2cnc3ccccc32)s1. The normalized spacial score (nSPS) is 11.5. The summed E-state index contributed by atoms with van der Waals surface area (Å²) in [5.74, 6) is 0. The zero-order valence-corrected chi connectivity index (χ0v) is 12.9. The van der Waals surface area contributed by atoms with Gasteiger partial charge in [-0.15, -0.1) is 0 Å². The van der Waals surface area contributed by atoms with Crippen molar-refractivity contribution in [3.8, 4) is 10.0 Å². The number of fused-ring (bicyclic) bond motifs is 2. The molecule has 0 aliphatic carbocycles. The molecule has 0 atom stereocenters. The number of aromatic nitrogens is 4. The first kappa shape index (κ1) is 12.6. The smallest absolute Gasteiger partial charge is 0.103 e. The highest BCUT2D eigenvalue weighted by molar-refractivity contribution is 7.17. The van der Waals surface area contributed by atoms with Gasteiger partial charge in [0.15, 0.2) is 0 Å². The Morgan fingerprint density at radius 3 is 1.61 bits per heavy atom. The summed E-state index contributed by atoms with van der Waals surface area (Å²) in [6.07, 6.45) is 3.76. The van der Waals surface area contributed by atoms with Crippen LogP contribution in [0.1, 0.15) is 0 Å². The van der Waals surface area contributed by atoms with Crippen LogP contribution in [-0.4, -0.2) is 19.1 Å². The van der Waals surface area contributed by atoms with Crippen LogP contribution in [0.15, 0.2) is 73.3 Å². The minimum atomic E-state index is 1.01. The molecule has 3 heterocycles. The van der Waals surface area contributed by atoms with Crippen LogP contribution in [0.3, 0.4) is 0 Å². The predicted octanol–water partition coefficient (Wildman–Crippen LogP) is 4.43. The van der Waals surface area contributed by atoms with Gasteiger partial charge in [0.05, 0.1) is 22.1 Å². The maximum Gasteiger partial charge on any atom is 0.103 e. The molecule has 110 valence electrons. The van der Waals surface area contributed by atoms with E-state index in [0.717, 1.165) is 32.1 Å². The van der Waals surface area contributed by atoms with Crippen molar-refractivity contribution < 1.29 is 0 Å². The summed E-state index contributed by atoms with van der Waals surface area (Å²) in [6.45, 7) is 0. The monoisotopic (exact) mass is 316 g/mol. The lowest BCUT2D eigenvalue weighted by molar-refractivity contribution is 1.12. The Balaban J connectivity index is 1.66. The average Bonchev–Trinajstić information content (AvgIpc) is 3.31. The van der Waals surface area contributed by atoms with Crippen molar-refractivity contribution in [2.45, 2.75) is 0 Å². The van der Waals surface area contributed by atoms with Crippen LogP contribution in [-0.2, 0) is 0 Å². The third-order valence-electron chi connectivity index (χ3n) is 3.96. The maximum absolute atomic E-state index is 4.47. The Morgan fingerprint density at radius 1 is 0.609 bits per heavy atom. The average molecular weight is 316 g/mol. The summed E-state index contributed by atoms with van der Waals surface area (Å²) in [5, 5.41) is 2.29. The first-order chi connectivity index (χ1) is 11.4. The number of imidazole rings is 2. The molecule has 3 aromatic heterocycles. The Bertz CT molecular complexity index is 1040. The lowest BCUT2D eigenvalue weighted by Gasteiger charge is -2.01. The van der Waals surface area contributed by atoms with Crippen molar-refractivity contribution in [1.82, 2.24) is 19.1 Å². The molecule has 5 aromatic rings. The lowest BCUT2D eigenvalue weighted by Crippen LogP contribution is -1.88. The summed E-state index contributed by atoms with van der Waals surface area (Å²) in [5.41, 5.74) is 4.26. The van der Waals surface area contributed by atoms with Crippen molar-refractivity contribution in [3.63, 3.8) is 0 Å². The van der Waals surface area contributed by atoms with Crippen LogP contribution in [0.2, 0.25) is 0 Å². The molecule has 0 aliphatic heterocycles. The quantitative estimate of drug-likeness (QED) is 0.483. The summed E-state index contributed by atoms with van der Waals surface area (Å²) in [4.78, 5) is 8.93. The van der Waals surface area contributed by atoms with Gasteiger partial charge in [0.1, 0.15) is 22.7 Å². The summed E-state index contributed by atoms with van der Waals surface area (Å²) in [7, 11) is 0. The van der Waals surface area contributed by atoms with Crippen LogP contribution in [0.25, 0.3) is 32.1 Å². The Hall–Kier alpha value is -2.92. The molecule has 0 saturated carbocycles. The van der Waals surface area contributed by atoms with E-state index >= 15 is 0 Å². The van der Waals surface area contributed by atoms with Gasteiger partial charge in [0.2, 0.25) is 0 Å².